The summed E-state index contributed by atoms with van der Waals surface area (Å²) in [5.41, 5.74) is -0.230. The van der Waals surface area contributed by atoms with Crippen LogP contribution in [0.4, 0.5) is 0 Å². The Bertz CT molecular complexity index is 422. The summed E-state index contributed by atoms with van der Waals surface area (Å²) in [5, 5.41) is 9.98. The van der Waals surface area contributed by atoms with Crippen LogP contribution in [-0.2, 0) is 4.74 Å². The third kappa shape index (κ3) is 4.63. The third-order valence-electron chi connectivity index (χ3n) is 3.25. The van der Waals surface area contributed by atoms with Crippen molar-refractivity contribution in [2.45, 2.75) is 25.6 Å². The number of rotatable bonds is 5. The van der Waals surface area contributed by atoms with Crippen LogP contribution in [-0.4, -0.2) is 54.6 Å². The molecule has 1 N–H and O–H groups in total. The van der Waals surface area contributed by atoms with Gasteiger partial charge < -0.3 is 14.6 Å². The molecule has 0 radical (unpaired) electrons. The maximum atomic E-state index is 9.28. The Kier molecular flexibility index (Phi) is 5.27. The fourth-order valence-corrected chi connectivity index (χ4v) is 2.63. The predicted octanol–water partition coefficient (Wildman–Crippen LogP) is 2.19. The molecule has 20 heavy (non-hydrogen) atoms. The number of halogens is 1. The van der Waals surface area contributed by atoms with Crippen molar-refractivity contribution < 1.29 is 14.6 Å². The summed E-state index contributed by atoms with van der Waals surface area (Å²) >= 11 is 5.83. The summed E-state index contributed by atoms with van der Waals surface area (Å²) in [6, 6.07) is 7.36. The van der Waals surface area contributed by atoms with Crippen molar-refractivity contribution in [3.05, 3.63) is 29.3 Å². The van der Waals surface area contributed by atoms with Crippen LogP contribution in [0.15, 0.2) is 24.3 Å². The first kappa shape index (κ1) is 15.6. The first-order chi connectivity index (χ1) is 9.48. The molecule has 1 unspecified atom stereocenters. The molecule has 112 valence electrons. The molecule has 1 heterocycles. The molecular formula is C15H22ClNO3. The zero-order valence-electron chi connectivity index (χ0n) is 12.0. The number of nitrogens with zero attached hydrogens (tertiary/aromatic N) is 1. The zero-order valence-corrected chi connectivity index (χ0v) is 12.8. The first-order valence-corrected chi connectivity index (χ1v) is 7.26. The van der Waals surface area contributed by atoms with E-state index in [0.29, 0.717) is 11.6 Å². The van der Waals surface area contributed by atoms with E-state index in [0.717, 1.165) is 25.4 Å². The van der Waals surface area contributed by atoms with Crippen LogP contribution in [0.1, 0.15) is 13.8 Å². The van der Waals surface area contributed by atoms with Gasteiger partial charge in [0.25, 0.3) is 0 Å². The topological polar surface area (TPSA) is 41.9 Å². The molecule has 4 nitrogen and oxygen atoms in total. The SMILES string of the molecule is CC1(C)CN(CCOc2ccc(Cl)cc2)CC(CO)O1. The van der Waals surface area contributed by atoms with Gasteiger partial charge in [-0.1, -0.05) is 11.6 Å². The smallest absolute Gasteiger partial charge is 0.119 e. The van der Waals surface area contributed by atoms with Crippen molar-refractivity contribution in [2.24, 2.45) is 0 Å². The van der Waals surface area contributed by atoms with Gasteiger partial charge in [0, 0.05) is 24.7 Å². The Morgan fingerprint density at radius 3 is 2.75 bits per heavy atom. The van der Waals surface area contributed by atoms with E-state index in [-0.39, 0.29) is 18.3 Å². The van der Waals surface area contributed by atoms with Gasteiger partial charge in [0.1, 0.15) is 12.4 Å². The molecule has 1 atom stereocenters. The summed E-state index contributed by atoms with van der Waals surface area (Å²) in [5.74, 6) is 0.820. The molecule has 2 rings (SSSR count). The minimum atomic E-state index is -0.230. The summed E-state index contributed by atoms with van der Waals surface area (Å²) in [6.07, 6.45) is -0.116. The summed E-state index contributed by atoms with van der Waals surface area (Å²) < 4.78 is 11.5. The van der Waals surface area contributed by atoms with Crippen LogP contribution in [0.2, 0.25) is 5.02 Å². The minimum Gasteiger partial charge on any atom is -0.492 e. The van der Waals surface area contributed by atoms with E-state index in [1.165, 1.54) is 0 Å². The zero-order chi connectivity index (χ0) is 14.6. The standard InChI is InChI=1S/C15H22ClNO3/c1-15(2)11-17(9-14(10-18)20-15)7-8-19-13-5-3-12(16)4-6-13/h3-6,14,18H,7-11H2,1-2H3. The average molecular weight is 300 g/mol. The van der Waals surface area contributed by atoms with Crippen LogP contribution >= 0.6 is 11.6 Å². The van der Waals surface area contributed by atoms with Crippen LogP contribution in [0.3, 0.4) is 0 Å². The van der Waals surface area contributed by atoms with Gasteiger partial charge in [-0.25, -0.2) is 0 Å². The van der Waals surface area contributed by atoms with Gasteiger partial charge in [-0.2, -0.15) is 0 Å². The van der Waals surface area contributed by atoms with Crippen molar-refractivity contribution in [1.82, 2.24) is 4.90 Å². The van der Waals surface area contributed by atoms with Crippen LogP contribution in [0.25, 0.3) is 0 Å². The molecular weight excluding hydrogens is 278 g/mol. The summed E-state index contributed by atoms with van der Waals surface area (Å²) in [6.45, 7) is 7.14. The fraction of sp³-hybridized carbons (Fsp3) is 0.600. The lowest BCUT2D eigenvalue weighted by Gasteiger charge is -2.42. The second kappa shape index (κ2) is 6.76. The predicted molar refractivity (Wildman–Crippen MR) is 79.4 cm³/mol. The van der Waals surface area contributed by atoms with Crippen molar-refractivity contribution in [3.63, 3.8) is 0 Å². The Labute approximate surface area is 125 Å². The Hall–Kier alpha value is -0.810. The summed E-state index contributed by atoms with van der Waals surface area (Å²) in [4.78, 5) is 2.26. The number of hydrogen-bond donors (Lipinski definition) is 1. The van der Waals surface area contributed by atoms with Gasteiger partial charge in [0.15, 0.2) is 0 Å². The van der Waals surface area contributed by atoms with E-state index in [1.54, 1.807) is 0 Å². The Balaban J connectivity index is 1.79. The Morgan fingerprint density at radius 2 is 2.10 bits per heavy atom. The normalized spacial score (nSPS) is 22.7. The van der Waals surface area contributed by atoms with Crippen LogP contribution in [0.5, 0.6) is 5.75 Å². The number of ether oxygens (including phenoxy) is 2. The fourth-order valence-electron chi connectivity index (χ4n) is 2.51. The highest BCUT2D eigenvalue weighted by molar-refractivity contribution is 6.30. The second-order valence-corrected chi connectivity index (χ2v) is 6.16. The molecule has 0 aliphatic carbocycles. The second-order valence-electron chi connectivity index (χ2n) is 5.72. The number of hydrogen-bond acceptors (Lipinski definition) is 4. The molecule has 1 saturated heterocycles. The van der Waals surface area contributed by atoms with E-state index in [4.69, 9.17) is 21.1 Å². The van der Waals surface area contributed by atoms with Crippen molar-refractivity contribution in [2.75, 3.05) is 32.8 Å². The highest BCUT2D eigenvalue weighted by Gasteiger charge is 2.32. The molecule has 1 aliphatic rings. The lowest BCUT2D eigenvalue weighted by molar-refractivity contribution is -0.149. The Morgan fingerprint density at radius 1 is 1.40 bits per heavy atom. The van der Waals surface area contributed by atoms with Gasteiger partial charge in [-0.05, 0) is 38.1 Å². The minimum absolute atomic E-state index is 0.0535. The molecule has 1 fully saturated rings. The van der Waals surface area contributed by atoms with Crippen molar-refractivity contribution in [3.8, 4) is 5.75 Å². The van der Waals surface area contributed by atoms with Crippen molar-refractivity contribution in [1.29, 1.82) is 0 Å². The van der Waals surface area contributed by atoms with E-state index >= 15 is 0 Å². The number of aliphatic hydroxyl groups is 1. The van der Waals surface area contributed by atoms with Gasteiger partial charge in [-0.15, -0.1) is 0 Å². The van der Waals surface area contributed by atoms with Gasteiger partial charge in [-0.3, -0.25) is 4.90 Å². The molecule has 0 spiro atoms. The molecule has 0 aromatic heterocycles. The largest absolute Gasteiger partial charge is 0.492 e. The number of aliphatic hydroxyl groups excluding tert-OH is 1. The van der Waals surface area contributed by atoms with E-state index < -0.39 is 0 Å². The molecule has 1 aliphatic heterocycles. The maximum Gasteiger partial charge on any atom is 0.119 e. The molecule has 0 amide bonds. The number of morpholine rings is 1. The van der Waals surface area contributed by atoms with Gasteiger partial charge in [0.05, 0.1) is 18.3 Å². The molecule has 1 aromatic carbocycles. The van der Waals surface area contributed by atoms with Crippen LogP contribution in [0, 0.1) is 0 Å². The molecule has 5 heteroatoms. The average Bonchev–Trinajstić information content (AvgIpc) is 2.39. The van der Waals surface area contributed by atoms with E-state index in [2.05, 4.69) is 4.90 Å². The lowest BCUT2D eigenvalue weighted by atomic mass is 10.1. The monoisotopic (exact) mass is 299 g/mol. The highest BCUT2D eigenvalue weighted by Crippen LogP contribution is 2.21. The first-order valence-electron chi connectivity index (χ1n) is 6.88. The number of benzene rings is 1. The van der Waals surface area contributed by atoms with Crippen LogP contribution < -0.4 is 4.74 Å². The molecule has 1 aromatic rings. The van der Waals surface area contributed by atoms with E-state index in [1.807, 2.05) is 38.1 Å². The van der Waals surface area contributed by atoms with E-state index in [9.17, 15) is 5.11 Å². The third-order valence-corrected chi connectivity index (χ3v) is 3.50. The quantitative estimate of drug-likeness (QED) is 0.905. The highest BCUT2D eigenvalue weighted by atomic mass is 35.5. The van der Waals surface area contributed by atoms with Gasteiger partial charge >= 0.3 is 0 Å². The van der Waals surface area contributed by atoms with Crippen molar-refractivity contribution >= 4 is 11.6 Å². The maximum absolute atomic E-state index is 9.28. The summed E-state index contributed by atoms with van der Waals surface area (Å²) in [7, 11) is 0. The lowest BCUT2D eigenvalue weighted by Crippen LogP contribution is -2.54. The van der Waals surface area contributed by atoms with Gasteiger partial charge in [0.2, 0.25) is 0 Å². The molecule has 0 bridgehead atoms. The molecule has 0 saturated carbocycles.